The Kier molecular flexibility index (Phi) is 13.1. The third-order valence-electron chi connectivity index (χ3n) is 7.45. The summed E-state index contributed by atoms with van der Waals surface area (Å²) in [6.45, 7) is 0.860. The first-order chi connectivity index (χ1) is 23.0. The first kappa shape index (κ1) is 36.1. The second-order valence-corrected chi connectivity index (χ2v) is 12.4. The number of aromatic hydroxyl groups is 1. The molecule has 0 radical (unpaired) electrons. The Bertz CT molecular complexity index is 1740. The van der Waals surface area contributed by atoms with Gasteiger partial charge in [0, 0.05) is 50.7 Å². The second-order valence-electron chi connectivity index (χ2n) is 10.7. The highest BCUT2D eigenvalue weighted by molar-refractivity contribution is 9.11. The number of benzene rings is 2. The Morgan fingerprint density at radius 1 is 1.12 bits per heavy atom. The van der Waals surface area contributed by atoms with E-state index in [9.17, 15) is 24.3 Å². The molecule has 0 bridgehead atoms. The molecule has 0 aromatic heterocycles. The van der Waals surface area contributed by atoms with Gasteiger partial charge in [-0.15, -0.1) is 0 Å². The molecule has 0 aliphatic carbocycles. The van der Waals surface area contributed by atoms with Gasteiger partial charge >= 0.3 is 12.1 Å². The summed E-state index contributed by atoms with van der Waals surface area (Å²) in [5.41, 5.74) is 4.87. The number of nitrogens with zero attached hydrogens (tertiary/aromatic N) is 6. The number of carbonyl (C=O) groups is 4. The number of carbonyl (C=O) groups excluding carboxylic acids is 4. The monoisotopic (exact) mass is 783 g/mol. The Hall–Kier alpha value is -4.77. The van der Waals surface area contributed by atoms with Crippen molar-refractivity contribution in [3.63, 3.8) is 0 Å². The number of phenols is 1. The molecule has 2 aromatic carbocycles. The fourth-order valence-electron chi connectivity index (χ4n) is 4.95. The van der Waals surface area contributed by atoms with Crippen molar-refractivity contribution in [2.75, 3.05) is 38.5 Å². The van der Waals surface area contributed by atoms with Gasteiger partial charge in [-0.3, -0.25) is 14.8 Å². The van der Waals surface area contributed by atoms with Crippen LogP contribution < -0.4 is 5.32 Å². The molecule has 2 heterocycles. The van der Waals surface area contributed by atoms with Gasteiger partial charge in [0.05, 0.1) is 26.9 Å². The Morgan fingerprint density at radius 2 is 1.83 bits per heavy atom. The van der Waals surface area contributed by atoms with Crippen LogP contribution in [0.3, 0.4) is 0 Å². The fraction of sp³-hybridized carbons (Fsp3) is 0.344. The SMILES string of the molecule is CN(O)C(=O)CN=C=C=NC=C=C=NC(=O)[C@@H](Cc1cc(Br)c(O)c(Br)c1)OC(=O)N1CCC(N2CCc3ccccc3NC2=O)CC1. The summed E-state index contributed by atoms with van der Waals surface area (Å²) < 4.78 is 6.41. The lowest BCUT2D eigenvalue weighted by Crippen LogP contribution is -2.50. The number of halogens is 2. The van der Waals surface area contributed by atoms with E-state index in [2.05, 4.69) is 75.5 Å². The summed E-state index contributed by atoms with van der Waals surface area (Å²) >= 11 is 6.53. The maximum atomic E-state index is 13.3. The number of amides is 5. The molecule has 2 aromatic rings. The average molecular weight is 785 g/mol. The maximum Gasteiger partial charge on any atom is 0.410 e. The zero-order valence-electron chi connectivity index (χ0n) is 25.7. The van der Waals surface area contributed by atoms with Crippen molar-refractivity contribution in [2.45, 2.75) is 37.8 Å². The third-order valence-corrected chi connectivity index (χ3v) is 8.66. The molecule has 2 aliphatic heterocycles. The van der Waals surface area contributed by atoms with Crippen LogP contribution in [0.5, 0.6) is 5.75 Å². The Labute approximate surface area is 292 Å². The van der Waals surface area contributed by atoms with Gasteiger partial charge in [-0.2, -0.15) is 9.98 Å². The number of rotatable bonds is 8. The Morgan fingerprint density at radius 3 is 2.54 bits per heavy atom. The van der Waals surface area contributed by atoms with Crippen LogP contribution in [-0.2, 0) is 27.2 Å². The van der Waals surface area contributed by atoms with E-state index in [-0.39, 0.29) is 30.8 Å². The number of ether oxygens (including phenoxy) is 1. The van der Waals surface area contributed by atoms with Gasteiger partial charge in [0.1, 0.15) is 12.3 Å². The number of para-hydroxylation sites is 1. The number of hydroxylamine groups is 2. The maximum absolute atomic E-state index is 13.3. The number of nitrogens with one attached hydrogen (secondary N) is 1. The van der Waals surface area contributed by atoms with Crippen molar-refractivity contribution in [3.05, 3.63) is 68.4 Å². The molecule has 1 saturated heterocycles. The highest BCUT2D eigenvalue weighted by Gasteiger charge is 2.33. The molecule has 1 fully saturated rings. The van der Waals surface area contributed by atoms with Crippen LogP contribution in [0.2, 0.25) is 0 Å². The average Bonchev–Trinajstić information content (AvgIpc) is 3.23. The minimum Gasteiger partial charge on any atom is -0.506 e. The molecule has 0 unspecified atom stereocenters. The number of fused-ring (bicyclic) bond motifs is 1. The van der Waals surface area contributed by atoms with Gasteiger partial charge in [-0.05, 0) is 86.2 Å². The van der Waals surface area contributed by atoms with Gasteiger partial charge in [0.25, 0.3) is 11.8 Å². The van der Waals surface area contributed by atoms with Crippen molar-refractivity contribution < 1.29 is 34.2 Å². The molecule has 250 valence electrons. The van der Waals surface area contributed by atoms with Crippen molar-refractivity contribution >= 4 is 79.1 Å². The number of hydrogen-bond donors (Lipinski definition) is 3. The van der Waals surface area contributed by atoms with E-state index in [1.807, 2.05) is 29.2 Å². The number of likely N-dealkylation sites (tertiary alicyclic amines) is 1. The molecule has 5 amide bonds. The molecule has 16 heteroatoms. The van der Waals surface area contributed by atoms with Gasteiger partial charge in [0.15, 0.2) is 6.10 Å². The quantitative estimate of drug-likeness (QED) is 0.156. The van der Waals surface area contributed by atoms with Crippen LogP contribution in [-0.4, -0.2) is 112 Å². The van der Waals surface area contributed by atoms with E-state index in [4.69, 9.17) is 9.94 Å². The summed E-state index contributed by atoms with van der Waals surface area (Å²) in [6, 6.07) is 10.7. The van der Waals surface area contributed by atoms with Crippen molar-refractivity contribution in [1.29, 1.82) is 0 Å². The molecule has 48 heavy (non-hydrogen) atoms. The predicted molar refractivity (Wildman–Crippen MR) is 183 cm³/mol. The van der Waals surface area contributed by atoms with E-state index in [0.29, 0.717) is 52.0 Å². The molecule has 1 atom stereocenters. The van der Waals surface area contributed by atoms with Crippen LogP contribution >= 0.6 is 31.9 Å². The number of piperidine rings is 1. The fourth-order valence-corrected chi connectivity index (χ4v) is 6.23. The standard InChI is InChI=1S/C32H31Br2N7O7/c1-39(47)28(42)20-36-13-12-35-10-4-11-37-30(44)27(19-21-17-24(33)29(43)25(34)18-21)48-32(46)40-14-8-23(9-15-40)41-16-7-22-5-2-3-6-26(22)38-31(41)45/h2-3,5-6,10,17-18,23,27,43,47H,7-9,14-16,19-20H2,1H3,(H,38,45)/t27-/m1/s1. The van der Waals surface area contributed by atoms with E-state index < -0.39 is 24.0 Å². The van der Waals surface area contributed by atoms with Crippen LogP contribution in [0, 0.1) is 0 Å². The normalized spacial score (nSPS) is 14.7. The summed E-state index contributed by atoms with van der Waals surface area (Å²) in [4.78, 5) is 64.8. The highest BCUT2D eigenvalue weighted by atomic mass is 79.9. The summed E-state index contributed by atoms with van der Waals surface area (Å²) in [5, 5.41) is 22.4. The van der Waals surface area contributed by atoms with Crippen LogP contribution in [0.15, 0.2) is 72.3 Å². The summed E-state index contributed by atoms with van der Waals surface area (Å²) in [5.74, 6) is 5.34. The van der Waals surface area contributed by atoms with Crippen molar-refractivity contribution in [2.24, 2.45) is 15.0 Å². The number of urea groups is 1. The van der Waals surface area contributed by atoms with E-state index >= 15 is 0 Å². The topological polar surface area (TPSA) is 177 Å². The largest absolute Gasteiger partial charge is 0.506 e. The lowest BCUT2D eigenvalue weighted by atomic mass is 10.0. The predicted octanol–water partition coefficient (Wildman–Crippen LogP) is 4.13. The Balaban J connectivity index is 1.41. The minimum absolute atomic E-state index is 0.0264. The van der Waals surface area contributed by atoms with Gasteiger partial charge in [-0.25, -0.2) is 19.6 Å². The number of phenolic OH excluding ortho intramolecular Hbond substituents is 1. The second kappa shape index (κ2) is 17.4. The van der Waals surface area contributed by atoms with Crippen molar-refractivity contribution in [1.82, 2.24) is 14.9 Å². The lowest BCUT2D eigenvalue weighted by Gasteiger charge is -2.37. The molecule has 2 aliphatic rings. The number of anilines is 1. The number of hydrogen-bond acceptors (Lipinski definition) is 9. The van der Waals surface area contributed by atoms with E-state index in [0.717, 1.165) is 23.9 Å². The molecule has 0 spiro atoms. The first-order valence-electron chi connectivity index (χ1n) is 14.7. The summed E-state index contributed by atoms with van der Waals surface area (Å²) in [6.07, 6.45) is 0.775. The first-order valence-corrected chi connectivity index (χ1v) is 16.3. The number of likely N-dealkylation sites (N-methyl/N-ethyl adjacent to an activating group) is 1. The zero-order chi connectivity index (χ0) is 34.6. The summed E-state index contributed by atoms with van der Waals surface area (Å²) in [7, 11) is 1.17. The van der Waals surface area contributed by atoms with Crippen LogP contribution in [0.25, 0.3) is 0 Å². The smallest absolute Gasteiger partial charge is 0.410 e. The van der Waals surface area contributed by atoms with Gasteiger partial charge in [-0.1, -0.05) is 18.2 Å². The van der Waals surface area contributed by atoms with E-state index in [1.54, 1.807) is 12.1 Å². The molecular formula is C32H31Br2N7O7. The minimum atomic E-state index is -1.33. The molecule has 14 nitrogen and oxygen atoms in total. The molecular weight excluding hydrogens is 754 g/mol. The zero-order valence-corrected chi connectivity index (χ0v) is 28.9. The molecule has 3 N–H and O–H groups in total. The molecule has 4 rings (SSSR count). The number of aliphatic imine (C=N–C) groups is 3. The van der Waals surface area contributed by atoms with E-state index in [1.165, 1.54) is 11.9 Å². The van der Waals surface area contributed by atoms with Gasteiger partial charge in [0.2, 0.25) is 0 Å². The third kappa shape index (κ3) is 10.1. The van der Waals surface area contributed by atoms with Crippen molar-refractivity contribution in [3.8, 4) is 5.75 Å². The van der Waals surface area contributed by atoms with Crippen LogP contribution in [0.1, 0.15) is 24.0 Å². The van der Waals surface area contributed by atoms with Gasteiger partial charge < -0.3 is 25.0 Å². The van der Waals surface area contributed by atoms with Crippen LogP contribution in [0.4, 0.5) is 15.3 Å². The molecule has 0 saturated carbocycles. The lowest BCUT2D eigenvalue weighted by molar-refractivity contribution is -0.157. The highest BCUT2D eigenvalue weighted by Crippen LogP contribution is 2.34.